The summed E-state index contributed by atoms with van der Waals surface area (Å²) >= 11 is 0. The van der Waals surface area contributed by atoms with Gasteiger partial charge in [-0.05, 0) is 57.6 Å². The first kappa shape index (κ1) is 25.0. The first-order valence-corrected chi connectivity index (χ1v) is 11.4. The predicted octanol–water partition coefficient (Wildman–Crippen LogP) is 7.53. The molecule has 0 aliphatic rings. The highest BCUT2D eigenvalue weighted by atomic mass is 19.4. The van der Waals surface area contributed by atoms with Crippen LogP contribution in [0.3, 0.4) is 0 Å². The molecule has 0 aliphatic carbocycles. The van der Waals surface area contributed by atoms with Crippen LogP contribution in [0.25, 0.3) is 59.2 Å². The molecule has 0 heterocycles. The zero-order valence-electron chi connectivity index (χ0n) is 19.6. The Morgan fingerprint density at radius 1 is 0.675 bits per heavy atom. The summed E-state index contributed by atoms with van der Waals surface area (Å²) in [5.41, 5.74) is -0.197. The van der Waals surface area contributed by atoms with Crippen LogP contribution in [-0.2, 0) is 6.18 Å². The van der Waals surface area contributed by atoms with Gasteiger partial charge < -0.3 is 0 Å². The lowest BCUT2D eigenvalue weighted by Crippen LogP contribution is -2.04. The molecule has 194 valence electrons. The van der Waals surface area contributed by atoms with Crippen LogP contribution >= 0.6 is 0 Å². The minimum atomic E-state index is -4.56. The van der Waals surface area contributed by atoms with Gasteiger partial charge in [0.15, 0.2) is 28.6 Å². The largest absolute Gasteiger partial charge is 0.416 e. The normalized spacial score (nSPS) is 13.1. The molecule has 0 unspecified atom stereocenters. The molecular weight excluding hydrogens is 537 g/mol. The Balaban J connectivity index is 1.76. The molecule has 0 atom stereocenters. The highest BCUT2D eigenvalue weighted by Crippen LogP contribution is 2.37. The Morgan fingerprint density at radius 3 is 1.98 bits per heavy atom. The van der Waals surface area contributed by atoms with Crippen LogP contribution in [0.2, 0.25) is 0 Å². The molecule has 0 amide bonds. The molecule has 0 radical (unpaired) electrons. The fraction of sp³-hybridized carbons (Fsp3) is 0.0345. The Morgan fingerprint density at radius 2 is 1.30 bits per heavy atom. The Bertz CT molecular complexity index is 2280. The van der Waals surface area contributed by atoms with Crippen molar-refractivity contribution in [2.45, 2.75) is 6.18 Å². The van der Waals surface area contributed by atoms with Gasteiger partial charge >= 0.3 is 6.18 Å². The van der Waals surface area contributed by atoms with E-state index in [1.807, 2.05) is 0 Å². The first-order chi connectivity index (χ1) is 19.1. The Kier molecular flexibility index (Phi) is 5.39. The fourth-order valence-electron chi connectivity index (χ4n) is 5.16. The van der Waals surface area contributed by atoms with Crippen LogP contribution in [0.4, 0.5) is 30.7 Å². The second-order valence-electron chi connectivity index (χ2n) is 8.90. The smallest absolute Gasteiger partial charge is 0.203 e. The number of fused-ring (bicyclic) bond motifs is 6. The number of nitrogens with zero attached hydrogens (tertiary/aromatic N) is 4. The maximum Gasteiger partial charge on any atom is 0.416 e. The second-order valence-corrected chi connectivity index (χ2v) is 8.90. The molecule has 0 aliphatic heterocycles. The average Bonchev–Trinajstić information content (AvgIpc) is 3.41. The van der Waals surface area contributed by atoms with E-state index in [1.54, 1.807) is 18.2 Å². The summed E-state index contributed by atoms with van der Waals surface area (Å²) in [7, 11) is 0. The molecule has 40 heavy (non-hydrogen) atoms. The molecule has 6 aromatic carbocycles. The fourth-order valence-corrected chi connectivity index (χ4v) is 5.16. The third-order valence-corrected chi connectivity index (χ3v) is 6.84. The molecule has 4 nitrogen and oxygen atoms in total. The topological polar surface area (TPSA) is 52.9 Å². The SMILES string of the molecule is [C-]#[N+]/N=c1\c2cc(-c3cccc(C(F)(F)F)c3)ccc2c2cc3/c(=N/C#N)c4c(F)c(F)c(F)c(F)c4c3cc12. The summed E-state index contributed by atoms with van der Waals surface area (Å²) in [5, 5.41) is 12.9. The van der Waals surface area contributed by atoms with Crippen molar-refractivity contribution in [2.24, 2.45) is 10.1 Å². The lowest BCUT2D eigenvalue weighted by Gasteiger charge is -2.09. The lowest BCUT2D eigenvalue weighted by atomic mass is 10.0. The molecule has 0 saturated heterocycles. The Labute approximate surface area is 218 Å². The molecule has 0 aromatic heterocycles. The van der Waals surface area contributed by atoms with Crippen molar-refractivity contribution < 1.29 is 30.7 Å². The molecule has 0 N–H and O–H groups in total. The van der Waals surface area contributed by atoms with Crippen molar-refractivity contribution in [2.75, 3.05) is 0 Å². The van der Waals surface area contributed by atoms with Gasteiger partial charge in [0.25, 0.3) is 0 Å². The summed E-state index contributed by atoms with van der Waals surface area (Å²) in [4.78, 5) is 6.64. The van der Waals surface area contributed by atoms with Crippen molar-refractivity contribution in [3.8, 4) is 17.3 Å². The number of benzene rings is 4. The number of nitriles is 1. The molecule has 0 fully saturated rings. The quantitative estimate of drug-likeness (QED) is 0.0525. The minimum absolute atomic E-state index is 0.0232. The van der Waals surface area contributed by atoms with Crippen molar-refractivity contribution in [3.63, 3.8) is 0 Å². The van der Waals surface area contributed by atoms with Gasteiger partial charge in [0, 0.05) is 21.5 Å². The van der Waals surface area contributed by atoms with Gasteiger partial charge in [-0.2, -0.15) is 30.0 Å². The van der Waals surface area contributed by atoms with Crippen molar-refractivity contribution in [1.29, 1.82) is 5.26 Å². The van der Waals surface area contributed by atoms with Gasteiger partial charge in [-0.3, -0.25) is 0 Å². The summed E-state index contributed by atoms with van der Waals surface area (Å²) in [6.07, 6.45) is -3.09. The maximum atomic E-state index is 15.0. The Hall–Kier alpha value is -5.29. The highest BCUT2D eigenvalue weighted by Gasteiger charge is 2.30. The molecule has 6 aromatic rings. The predicted molar refractivity (Wildman–Crippen MR) is 132 cm³/mol. The maximum absolute atomic E-state index is 15.0. The number of rotatable bonds is 1. The number of hydrogen-bond acceptors (Lipinski definition) is 3. The summed E-state index contributed by atoms with van der Waals surface area (Å²) in [6, 6.07) is 12.1. The summed E-state index contributed by atoms with van der Waals surface area (Å²) in [5.74, 6) is -7.47. The van der Waals surface area contributed by atoms with Gasteiger partial charge in [-0.1, -0.05) is 24.3 Å². The van der Waals surface area contributed by atoms with Crippen molar-refractivity contribution in [3.05, 3.63) is 106 Å². The van der Waals surface area contributed by atoms with Gasteiger partial charge in [-0.25, -0.2) is 17.6 Å². The van der Waals surface area contributed by atoms with E-state index in [0.29, 0.717) is 21.7 Å². The zero-order chi connectivity index (χ0) is 28.5. The van der Waals surface area contributed by atoms with Crippen LogP contribution in [0.1, 0.15) is 5.56 Å². The van der Waals surface area contributed by atoms with Crippen LogP contribution < -0.4 is 10.7 Å². The highest BCUT2D eigenvalue weighted by molar-refractivity contribution is 6.21. The van der Waals surface area contributed by atoms with E-state index in [4.69, 9.17) is 6.57 Å². The van der Waals surface area contributed by atoms with E-state index in [9.17, 15) is 36.0 Å². The summed E-state index contributed by atoms with van der Waals surface area (Å²) < 4.78 is 97.9. The monoisotopic (exact) mass is 546 g/mol. The van der Waals surface area contributed by atoms with Crippen LogP contribution in [0.15, 0.2) is 64.7 Å². The van der Waals surface area contributed by atoms with E-state index in [1.165, 1.54) is 30.5 Å². The lowest BCUT2D eigenvalue weighted by molar-refractivity contribution is -0.137. The van der Waals surface area contributed by atoms with Crippen LogP contribution in [0.5, 0.6) is 0 Å². The van der Waals surface area contributed by atoms with E-state index in [2.05, 4.69) is 15.0 Å². The molecule has 0 bridgehead atoms. The van der Waals surface area contributed by atoms with Gasteiger partial charge in [0.05, 0.1) is 21.4 Å². The number of alkyl halides is 3. The third-order valence-electron chi connectivity index (χ3n) is 6.84. The minimum Gasteiger partial charge on any atom is -0.203 e. The number of halogens is 7. The molecular formula is C29H9F7N4. The zero-order valence-corrected chi connectivity index (χ0v) is 19.6. The summed E-state index contributed by atoms with van der Waals surface area (Å²) in [6.45, 7) is 7.29. The average molecular weight is 546 g/mol. The first-order valence-electron chi connectivity index (χ1n) is 11.4. The molecule has 0 saturated carbocycles. The van der Waals surface area contributed by atoms with E-state index >= 15 is 0 Å². The van der Waals surface area contributed by atoms with Crippen molar-refractivity contribution >= 4 is 43.1 Å². The van der Waals surface area contributed by atoms with E-state index < -0.39 is 51.1 Å². The van der Waals surface area contributed by atoms with Crippen LogP contribution in [0, 0.1) is 41.3 Å². The third kappa shape index (κ3) is 3.45. The molecule has 11 heteroatoms. The standard InChI is InChI=1S/C29H9F7N4/c1-38-40-27-18-8-13(12-3-2-4-14(7-12)29(34,35)36)5-6-15(18)16-9-20-17(10-19(16)27)21-22(28(20)39-11-37)24(31)26(33)25(32)23(21)30/h2-10H/b39-28-,40-27+. The van der Waals surface area contributed by atoms with E-state index in [0.717, 1.165) is 12.1 Å². The van der Waals surface area contributed by atoms with Crippen LogP contribution in [-0.4, -0.2) is 0 Å². The van der Waals surface area contributed by atoms with Gasteiger partial charge in [0.1, 0.15) is 0 Å². The van der Waals surface area contributed by atoms with Gasteiger partial charge in [-0.15, -0.1) is 4.95 Å². The number of hydrogen-bond donors (Lipinski definition) is 0. The molecule has 6 rings (SSSR count). The van der Waals surface area contributed by atoms with E-state index in [-0.39, 0.29) is 27.1 Å². The van der Waals surface area contributed by atoms with Crippen molar-refractivity contribution in [1.82, 2.24) is 0 Å². The molecule has 0 spiro atoms. The second kappa shape index (κ2) is 8.61. The van der Waals surface area contributed by atoms with Gasteiger partial charge in [0.2, 0.25) is 6.19 Å².